The number of unbranched alkanes of at least 4 members (excludes halogenated alkanes) is 1. The number of allylic oxidation sites excluding steroid dienone is 4. The average Bonchev–Trinajstić information content (AvgIpc) is 3.09. The summed E-state index contributed by atoms with van der Waals surface area (Å²) in [6.45, 7) is 3.68. The van der Waals surface area contributed by atoms with Crippen molar-refractivity contribution in [3.63, 3.8) is 0 Å². The number of hydrogen-bond acceptors (Lipinski definition) is 6. The number of halogens is 1. The van der Waals surface area contributed by atoms with Crippen molar-refractivity contribution in [2.24, 2.45) is 17.8 Å². The first kappa shape index (κ1) is 27.5. The Morgan fingerprint density at radius 1 is 1.26 bits per heavy atom. The number of rotatable bonds is 15. The third-order valence-corrected chi connectivity index (χ3v) is 6.17. The van der Waals surface area contributed by atoms with Crippen LogP contribution in [0, 0.1) is 17.8 Å². The number of carbonyl (C=O) groups is 3. The largest absolute Gasteiger partial charge is 0.460 e. The lowest BCUT2D eigenvalue weighted by Crippen LogP contribution is -2.43. The quantitative estimate of drug-likeness (QED) is 0.126. The molecule has 0 saturated heterocycles. The zero-order valence-corrected chi connectivity index (χ0v) is 19.5. The number of ketones is 2. The van der Waals surface area contributed by atoms with Gasteiger partial charge in [0.2, 0.25) is 5.79 Å². The van der Waals surface area contributed by atoms with Gasteiger partial charge in [-0.05, 0) is 50.9 Å². The summed E-state index contributed by atoms with van der Waals surface area (Å²) in [5.41, 5.74) is 0. The number of aliphatic hydroxyl groups is 2. The minimum atomic E-state index is -2.75. The van der Waals surface area contributed by atoms with Gasteiger partial charge in [-0.25, -0.2) is 4.79 Å². The van der Waals surface area contributed by atoms with Crippen LogP contribution in [-0.4, -0.2) is 46.0 Å². The summed E-state index contributed by atoms with van der Waals surface area (Å²) in [6.07, 6.45) is 14.1. The molecule has 0 unspecified atom stereocenters. The first-order valence-electron chi connectivity index (χ1n) is 11.3. The van der Waals surface area contributed by atoms with Crippen LogP contribution in [0.2, 0.25) is 0 Å². The van der Waals surface area contributed by atoms with Crippen molar-refractivity contribution in [2.45, 2.75) is 77.4 Å². The first-order chi connectivity index (χ1) is 14.8. The summed E-state index contributed by atoms with van der Waals surface area (Å²) < 4.78 is 4.50. The fourth-order valence-electron chi connectivity index (χ4n) is 3.79. The van der Waals surface area contributed by atoms with Crippen molar-refractivity contribution >= 4 is 29.1 Å². The molecule has 7 heteroatoms. The van der Waals surface area contributed by atoms with Crippen molar-refractivity contribution in [3.8, 4) is 0 Å². The van der Waals surface area contributed by atoms with Gasteiger partial charge in [0.15, 0.2) is 0 Å². The molecule has 0 radical (unpaired) electrons. The molecule has 0 heterocycles. The molecule has 1 rings (SSSR count). The van der Waals surface area contributed by atoms with Gasteiger partial charge >= 0.3 is 5.97 Å². The number of alkyl halides is 1. The maximum absolute atomic E-state index is 12.3. The van der Waals surface area contributed by atoms with Gasteiger partial charge in [0.1, 0.15) is 5.78 Å². The fraction of sp³-hybridized carbons (Fsp3) is 0.708. The average molecular weight is 457 g/mol. The Morgan fingerprint density at radius 2 is 2.00 bits per heavy atom. The number of Topliss-reactive ketones (excluding diaryl/α,β-unsaturated/α-hetero) is 2. The molecule has 1 aliphatic carbocycles. The number of ether oxygens (including phenoxy) is 1. The highest BCUT2D eigenvalue weighted by molar-refractivity contribution is 6.36. The lowest BCUT2D eigenvalue weighted by molar-refractivity contribution is -0.193. The molecule has 0 aromatic heterocycles. The Bertz CT molecular complexity index is 640. The number of esters is 1. The van der Waals surface area contributed by atoms with E-state index in [0.717, 1.165) is 25.7 Å². The highest BCUT2D eigenvalue weighted by atomic mass is 35.5. The molecule has 6 nitrogen and oxygen atoms in total. The van der Waals surface area contributed by atoms with Crippen LogP contribution in [0.4, 0.5) is 0 Å². The monoisotopic (exact) mass is 456 g/mol. The molecule has 176 valence electrons. The van der Waals surface area contributed by atoms with Crippen LogP contribution < -0.4 is 0 Å². The lowest BCUT2D eigenvalue weighted by Gasteiger charge is -2.18. The van der Waals surface area contributed by atoms with Crippen molar-refractivity contribution in [1.29, 1.82) is 0 Å². The SMILES string of the molecule is CCCC[C@@H](CCl)C/C=C/[C@H]1CCC(=O)[C@@H]1C/C=C\CCC(O)(O)C(=O)C(=O)OCC. The summed E-state index contributed by atoms with van der Waals surface area (Å²) in [5.74, 6) is -3.87. The Morgan fingerprint density at radius 3 is 2.65 bits per heavy atom. The predicted octanol–water partition coefficient (Wildman–Crippen LogP) is 4.11. The van der Waals surface area contributed by atoms with Gasteiger partial charge in [0, 0.05) is 24.6 Å². The van der Waals surface area contributed by atoms with E-state index < -0.39 is 17.5 Å². The Kier molecular flexibility index (Phi) is 12.9. The summed E-state index contributed by atoms with van der Waals surface area (Å²) >= 11 is 6.05. The van der Waals surface area contributed by atoms with Gasteiger partial charge in [0.05, 0.1) is 6.61 Å². The summed E-state index contributed by atoms with van der Waals surface area (Å²) in [5, 5.41) is 19.6. The third-order valence-electron chi connectivity index (χ3n) is 5.73. The van der Waals surface area contributed by atoms with E-state index in [2.05, 4.69) is 23.8 Å². The molecule has 31 heavy (non-hydrogen) atoms. The number of carbonyl (C=O) groups excluding carboxylic acids is 3. The second-order valence-corrected chi connectivity index (χ2v) is 8.52. The molecule has 1 saturated carbocycles. The van der Waals surface area contributed by atoms with Crippen LogP contribution in [0.15, 0.2) is 24.3 Å². The van der Waals surface area contributed by atoms with Crippen LogP contribution >= 0.6 is 11.6 Å². The van der Waals surface area contributed by atoms with Crippen LogP contribution in [-0.2, 0) is 19.1 Å². The van der Waals surface area contributed by atoms with E-state index in [1.54, 1.807) is 6.08 Å². The minimum Gasteiger partial charge on any atom is -0.460 e. The van der Waals surface area contributed by atoms with Crippen LogP contribution in [0.25, 0.3) is 0 Å². The summed E-state index contributed by atoms with van der Waals surface area (Å²) in [4.78, 5) is 35.3. The third kappa shape index (κ3) is 9.67. The Labute approximate surface area is 190 Å². The maximum Gasteiger partial charge on any atom is 0.380 e. The van der Waals surface area contributed by atoms with Gasteiger partial charge in [-0.2, -0.15) is 0 Å². The molecule has 0 amide bonds. The van der Waals surface area contributed by atoms with E-state index in [1.165, 1.54) is 13.3 Å². The number of hydrogen-bond donors (Lipinski definition) is 2. The molecule has 0 aliphatic heterocycles. The van der Waals surface area contributed by atoms with E-state index in [-0.39, 0.29) is 37.1 Å². The normalized spacial score (nSPS) is 20.6. The van der Waals surface area contributed by atoms with Crippen molar-refractivity contribution in [2.75, 3.05) is 12.5 Å². The molecular weight excluding hydrogens is 420 g/mol. The van der Waals surface area contributed by atoms with E-state index in [4.69, 9.17) is 11.6 Å². The molecule has 1 fully saturated rings. The zero-order chi connectivity index (χ0) is 23.3. The predicted molar refractivity (Wildman–Crippen MR) is 121 cm³/mol. The molecule has 0 aromatic carbocycles. The molecular formula is C24H37ClO6. The van der Waals surface area contributed by atoms with Crippen LogP contribution in [0.3, 0.4) is 0 Å². The standard InChI is InChI=1S/C24H37ClO6/c1-3-5-10-18(17-25)11-9-12-19-14-15-21(26)20(19)13-7-6-8-16-24(29,30)22(27)23(28)31-4-2/h6-7,9,12,18-20,29-30H,3-5,8,10-11,13-17H2,1-2H3/b7-6-,12-9+/t18-,19+,20-/m1/s1. The summed E-state index contributed by atoms with van der Waals surface area (Å²) in [7, 11) is 0. The van der Waals surface area contributed by atoms with E-state index in [9.17, 15) is 24.6 Å². The zero-order valence-electron chi connectivity index (χ0n) is 18.7. The second kappa shape index (κ2) is 14.5. The van der Waals surface area contributed by atoms with Crippen molar-refractivity contribution in [1.82, 2.24) is 0 Å². The highest BCUT2D eigenvalue weighted by Gasteiger charge is 2.38. The smallest absolute Gasteiger partial charge is 0.380 e. The molecule has 0 spiro atoms. The van der Waals surface area contributed by atoms with Gasteiger partial charge < -0.3 is 14.9 Å². The van der Waals surface area contributed by atoms with Gasteiger partial charge in [-0.3, -0.25) is 9.59 Å². The van der Waals surface area contributed by atoms with Crippen molar-refractivity contribution in [3.05, 3.63) is 24.3 Å². The second-order valence-electron chi connectivity index (χ2n) is 8.21. The molecule has 0 aromatic rings. The molecule has 2 N–H and O–H groups in total. The first-order valence-corrected chi connectivity index (χ1v) is 11.9. The van der Waals surface area contributed by atoms with Gasteiger partial charge in [0.25, 0.3) is 5.78 Å². The topological polar surface area (TPSA) is 101 Å². The Balaban J connectivity index is 2.50. The molecule has 1 aliphatic rings. The van der Waals surface area contributed by atoms with Crippen molar-refractivity contribution < 1.29 is 29.3 Å². The van der Waals surface area contributed by atoms with Gasteiger partial charge in [-0.1, -0.05) is 44.1 Å². The van der Waals surface area contributed by atoms with E-state index >= 15 is 0 Å². The highest BCUT2D eigenvalue weighted by Crippen LogP contribution is 2.33. The van der Waals surface area contributed by atoms with Crippen LogP contribution in [0.1, 0.15) is 71.6 Å². The fourth-order valence-corrected chi connectivity index (χ4v) is 4.07. The Hall–Kier alpha value is -1.50. The van der Waals surface area contributed by atoms with E-state index in [1.807, 2.05) is 6.08 Å². The minimum absolute atomic E-state index is 0.0170. The maximum atomic E-state index is 12.3. The van der Waals surface area contributed by atoms with Crippen LogP contribution in [0.5, 0.6) is 0 Å². The molecule has 3 atom stereocenters. The summed E-state index contributed by atoms with van der Waals surface area (Å²) in [6, 6.07) is 0. The van der Waals surface area contributed by atoms with Gasteiger partial charge in [-0.15, -0.1) is 11.6 Å². The van der Waals surface area contributed by atoms with E-state index in [0.29, 0.717) is 24.6 Å². The molecule has 0 bridgehead atoms. The lowest BCUT2D eigenvalue weighted by atomic mass is 9.90.